The Morgan fingerprint density at radius 1 is 1.00 bits per heavy atom. The van der Waals surface area contributed by atoms with E-state index in [-0.39, 0.29) is 41.6 Å². The molecule has 3 heterocycles. The average molecular weight is 554 g/mol. The van der Waals surface area contributed by atoms with Gasteiger partial charge in [0.15, 0.2) is 5.78 Å². The number of thioether (sulfide) groups is 1. The van der Waals surface area contributed by atoms with Gasteiger partial charge in [0.2, 0.25) is 5.91 Å². The maximum Gasteiger partial charge on any atom is 0.259 e. The number of aromatic nitrogens is 2. The number of β-lactam (4-membered cyclic amide) rings is 1. The summed E-state index contributed by atoms with van der Waals surface area (Å²) >= 11 is 1.65. The minimum Gasteiger partial charge on any atom is -0.488 e. The minimum absolute atomic E-state index is 0.0430. The lowest BCUT2D eigenvalue weighted by Gasteiger charge is -2.50. The number of ether oxygens (including phenoxy) is 2. The molecule has 2 aliphatic rings. The highest BCUT2D eigenvalue weighted by Gasteiger charge is 2.51. The van der Waals surface area contributed by atoms with Crippen molar-refractivity contribution < 1.29 is 19.1 Å². The van der Waals surface area contributed by atoms with Crippen LogP contribution in [0.2, 0.25) is 0 Å². The van der Waals surface area contributed by atoms with Gasteiger partial charge in [-0.2, -0.15) is 0 Å². The monoisotopic (exact) mass is 553 g/mol. The van der Waals surface area contributed by atoms with Gasteiger partial charge in [-0.3, -0.25) is 14.4 Å². The molecule has 0 spiro atoms. The molecule has 2 atom stereocenters. The van der Waals surface area contributed by atoms with Crippen molar-refractivity contribution in [2.24, 2.45) is 5.92 Å². The second kappa shape index (κ2) is 11.0. The molecule has 0 aliphatic carbocycles. The van der Waals surface area contributed by atoms with E-state index in [1.807, 2.05) is 67.6 Å². The Bertz CT molecular complexity index is 1680. The molecule has 1 saturated heterocycles. The first-order valence-electron chi connectivity index (χ1n) is 13.0. The van der Waals surface area contributed by atoms with Crippen LogP contribution in [-0.2, 0) is 9.59 Å². The molecule has 0 saturated carbocycles. The molecular weight excluding hydrogens is 526 g/mol. The fraction of sp³-hybridized carbons (Fsp3) is 0.226. The van der Waals surface area contributed by atoms with E-state index < -0.39 is 0 Å². The number of carbonyl (C=O) groups is 2. The number of carbonyl (C=O) groups excluding carboxylic acids is 2. The van der Waals surface area contributed by atoms with Gasteiger partial charge in [-0.15, -0.1) is 11.8 Å². The van der Waals surface area contributed by atoms with E-state index in [1.165, 1.54) is 0 Å². The second-order valence-corrected chi connectivity index (χ2v) is 10.9. The Kier molecular flexibility index (Phi) is 7.13. The highest BCUT2D eigenvalue weighted by atomic mass is 32.2. The summed E-state index contributed by atoms with van der Waals surface area (Å²) in [5.41, 5.74) is 2.95. The molecule has 40 heavy (non-hydrogen) atoms. The van der Waals surface area contributed by atoms with Gasteiger partial charge in [0.1, 0.15) is 30.5 Å². The number of hydrogen-bond donors (Lipinski definition) is 1. The molecule has 0 bridgehead atoms. The van der Waals surface area contributed by atoms with Crippen molar-refractivity contribution in [3.63, 3.8) is 0 Å². The third-order valence-electron chi connectivity index (χ3n) is 7.20. The second-order valence-electron chi connectivity index (χ2n) is 9.77. The van der Waals surface area contributed by atoms with Crippen molar-refractivity contribution in [2.45, 2.75) is 18.7 Å². The maximum atomic E-state index is 13.0. The number of hydrogen-bond acceptors (Lipinski definition) is 7. The first-order chi connectivity index (χ1) is 19.5. The zero-order valence-electron chi connectivity index (χ0n) is 21.8. The van der Waals surface area contributed by atoms with Crippen molar-refractivity contribution in [1.29, 1.82) is 0 Å². The first-order valence-corrected chi connectivity index (χ1v) is 14.1. The van der Waals surface area contributed by atoms with E-state index in [2.05, 4.69) is 9.97 Å². The van der Waals surface area contributed by atoms with Crippen molar-refractivity contribution in [3.05, 3.63) is 100 Å². The number of nitrogens with zero attached hydrogens (tertiary/aromatic N) is 2. The predicted octanol–water partition coefficient (Wildman–Crippen LogP) is 4.81. The first kappa shape index (κ1) is 25.9. The van der Waals surface area contributed by atoms with Gasteiger partial charge in [0.25, 0.3) is 5.56 Å². The Balaban J connectivity index is 1.12. The molecule has 0 radical (unpaired) electrons. The summed E-state index contributed by atoms with van der Waals surface area (Å²) in [4.78, 5) is 47.4. The molecule has 2 aliphatic heterocycles. The number of benzene rings is 3. The molecule has 1 N–H and O–H groups in total. The van der Waals surface area contributed by atoms with Crippen LogP contribution in [0.5, 0.6) is 11.5 Å². The maximum absolute atomic E-state index is 13.0. The van der Waals surface area contributed by atoms with Crippen LogP contribution in [0.25, 0.3) is 22.3 Å². The summed E-state index contributed by atoms with van der Waals surface area (Å²) < 4.78 is 11.8. The van der Waals surface area contributed by atoms with Crippen LogP contribution in [-0.4, -0.2) is 50.9 Å². The summed E-state index contributed by atoms with van der Waals surface area (Å²) in [6.07, 6.45) is 0.170. The molecule has 1 fully saturated rings. The SMILES string of the molecule is CC1=C(COc2ccccc2-c2nc3ccccc3c(=O)[nH]2)CSC2C(CC(=O)COc3ccccc3)C(=O)N12. The molecule has 9 heteroatoms. The molecule has 3 aromatic carbocycles. The Morgan fingerprint density at radius 2 is 1.75 bits per heavy atom. The van der Waals surface area contributed by atoms with Crippen molar-refractivity contribution >= 4 is 34.4 Å². The number of rotatable bonds is 9. The van der Waals surface area contributed by atoms with Gasteiger partial charge in [-0.05, 0) is 48.9 Å². The summed E-state index contributed by atoms with van der Waals surface area (Å²) in [5.74, 6) is 1.88. The number of allylic oxidation sites excluding steroid dienone is 1. The number of amides is 1. The van der Waals surface area contributed by atoms with E-state index in [1.54, 1.807) is 34.9 Å². The molecule has 1 aromatic heterocycles. The summed E-state index contributed by atoms with van der Waals surface area (Å²) in [5, 5.41) is 0.471. The van der Waals surface area contributed by atoms with Crippen LogP contribution < -0.4 is 15.0 Å². The number of nitrogens with one attached hydrogen (secondary N) is 1. The van der Waals surface area contributed by atoms with Crippen LogP contribution in [0.15, 0.2) is 94.9 Å². The standard InChI is InChI=1S/C31H27N3O5S/c1-19-20(18-40-31-25(30(37)34(19)31)15-21(35)17-38-22-9-3-2-4-10-22)16-39-27-14-8-6-12-24(27)28-32-26-13-7-5-11-23(26)29(36)33-28/h2-14,25,31H,15-18H2,1H3,(H,32,33,36). The number of ketones is 1. The van der Waals surface area contributed by atoms with Gasteiger partial charge in [0, 0.05) is 17.9 Å². The quantitative estimate of drug-likeness (QED) is 0.297. The molecule has 1 amide bonds. The number of fused-ring (bicyclic) bond motifs is 2. The molecule has 2 unspecified atom stereocenters. The van der Waals surface area contributed by atoms with Crippen molar-refractivity contribution in [1.82, 2.24) is 14.9 Å². The smallest absolute Gasteiger partial charge is 0.259 e. The van der Waals surface area contributed by atoms with Gasteiger partial charge >= 0.3 is 0 Å². The van der Waals surface area contributed by atoms with E-state index in [0.717, 1.165) is 11.3 Å². The van der Waals surface area contributed by atoms with Crippen LogP contribution in [0, 0.1) is 5.92 Å². The molecular formula is C31H27N3O5S. The topological polar surface area (TPSA) is 102 Å². The number of aromatic amines is 1. The van der Waals surface area contributed by atoms with Crippen LogP contribution in [0.1, 0.15) is 13.3 Å². The summed E-state index contributed by atoms with van der Waals surface area (Å²) in [6.45, 7) is 2.17. The van der Waals surface area contributed by atoms with E-state index in [0.29, 0.717) is 46.1 Å². The van der Waals surface area contributed by atoms with Crippen LogP contribution in [0.3, 0.4) is 0 Å². The highest BCUT2D eigenvalue weighted by molar-refractivity contribution is 8.00. The highest BCUT2D eigenvalue weighted by Crippen LogP contribution is 2.45. The Morgan fingerprint density at radius 3 is 2.60 bits per heavy atom. The lowest BCUT2D eigenvalue weighted by molar-refractivity contribution is -0.149. The van der Waals surface area contributed by atoms with E-state index in [9.17, 15) is 14.4 Å². The van der Waals surface area contributed by atoms with E-state index in [4.69, 9.17) is 9.47 Å². The Labute approximate surface area is 235 Å². The van der Waals surface area contributed by atoms with Gasteiger partial charge < -0.3 is 19.4 Å². The Hall–Kier alpha value is -4.37. The van der Waals surface area contributed by atoms with Crippen molar-refractivity contribution in [3.8, 4) is 22.9 Å². The number of Topliss-reactive ketones (excluding diaryl/α,β-unsaturated/α-hetero) is 1. The molecule has 4 aromatic rings. The average Bonchev–Trinajstić information content (AvgIpc) is 2.98. The summed E-state index contributed by atoms with van der Waals surface area (Å²) in [7, 11) is 0. The zero-order valence-corrected chi connectivity index (χ0v) is 22.6. The predicted molar refractivity (Wildman–Crippen MR) is 154 cm³/mol. The van der Waals surface area contributed by atoms with Crippen LogP contribution >= 0.6 is 11.8 Å². The third-order valence-corrected chi connectivity index (χ3v) is 8.60. The largest absolute Gasteiger partial charge is 0.488 e. The molecule has 6 rings (SSSR count). The fourth-order valence-electron chi connectivity index (χ4n) is 5.02. The minimum atomic E-state index is -0.342. The van der Waals surface area contributed by atoms with Gasteiger partial charge in [0.05, 0.1) is 27.8 Å². The van der Waals surface area contributed by atoms with Crippen LogP contribution in [0.4, 0.5) is 0 Å². The number of H-pyrrole nitrogens is 1. The molecule has 8 nitrogen and oxygen atoms in total. The van der Waals surface area contributed by atoms with Gasteiger partial charge in [-0.25, -0.2) is 4.98 Å². The van der Waals surface area contributed by atoms with E-state index >= 15 is 0 Å². The lowest BCUT2D eigenvalue weighted by atomic mass is 9.91. The number of para-hydroxylation sites is 3. The van der Waals surface area contributed by atoms with Crippen molar-refractivity contribution in [2.75, 3.05) is 19.0 Å². The zero-order chi connectivity index (χ0) is 27.6. The lowest BCUT2D eigenvalue weighted by Crippen LogP contribution is -2.60. The fourth-order valence-corrected chi connectivity index (χ4v) is 6.54. The third kappa shape index (κ3) is 5.00. The normalized spacial score (nSPS) is 18.3. The van der Waals surface area contributed by atoms with Gasteiger partial charge in [-0.1, -0.05) is 42.5 Å². The molecule has 202 valence electrons. The summed E-state index contributed by atoms with van der Waals surface area (Å²) in [6, 6.07) is 23.8.